The van der Waals surface area contributed by atoms with E-state index in [0.717, 1.165) is 5.56 Å². The molecule has 1 unspecified atom stereocenters. The van der Waals surface area contributed by atoms with Crippen molar-refractivity contribution in [2.24, 2.45) is 0 Å². The SMILES string of the molecule is COc1c(Cl)cc(Cl)cc1/C(O)=C1\C(=O)C(=O)N(CCN(C)C)C1c1ccc(OCc2ccccc2)cc1. The van der Waals surface area contributed by atoms with Gasteiger partial charge in [0.2, 0.25) is 0 Å². The number of rotatable bonds is 9. The number of aliphatic hydroxyl groups is 1. The van der Waals surface area contributed by atoms with E-state index in [2.05, 4.69) is 0 Å². The van der Waals surface area contributed by atoms with E-state index < -0.39 is 23.5 Å². The maximum Gasteiger partial charge on any atom is 0.295 e. The third-order valence-corrected chi connectivity index (χ3v) is 6.74. The summed E-state index contributed by atoms with van der Waals surface area (Å²) >= 11 is 12.5. The molecule has 1 saturated heterocycles. The second-order valence-corrected chi connectivity index (χ2v) is 9.95. The Labute approximate surface area is 231 Å². The van der Waals surface area contributed by atoms with Crippen LogP contribution < -0.4 is 9.47 Å². The third-order valence-electron chi connectivity index (χ3n) is 6.24. The van der Waals surface area contributed by atoms with Crippen LogP contribution in [-0.2, 0) is 16.2 Å². The molecule has 1 heterocycles. The van der Waals surface area contributed by atoms with Crippen LogP contribution in [0.1, 0.15) is 22.7 Å². The zero-order valence-electron chi connectivity index (χ0n) is 21.3. The molecule has 1 atom stereocenters. The van der Waals surface area contributed by atoms with Gasteiger partial charge in [0.15, 0.2) is 0 Å². The van der Waals surface area contributed by atoms with Crippen LogP contribution in [0.3, 0.4) is 0 Å². The summed E-state index contributed by atoms with van der Waals surface area (Å²) in [6.45, 7) is 1.20. The molecule has 0 aliphatic carbocycles. The number of ketones is 1. The molecular formula is C29H28Cl2N2O5. The van der Waals surface area contributed by atoms with Gasteiger partial charge in [0.1, 0.15) is 23.9 Å². The molecular weight excluding hydrogens is 527 g/mol. The Morgan fingerprint density at radius 1 is 1.03 bits per heavy atom. The van der Waals surface area contributed by atoms with Gasteiger partial charge in [0, 0.05) is 18.1 Å². The molecule has 38 heavy (non-hydrogen) atoms. The van der Waals surface area contributed by atoms with Crippen LogP contribution in [0, 0.1) is 0 Å². The summed E-state index contributed by atoms with van der Waals surface area (Å²) in [5.41, 5.74) is 1.73. The zero-order valence-corrected chi connectivity index (χ0v) is 22.8. The number of hydrogen-bond acceptors (Lipinski definition) is 6. The summed E-state index contributed by atoms with van der Waals surface area (Å²) in [6.07, 6.45) is 0. The van der Waals surface area contributed by atoms with Crippen molar-refractivity contribution in [3.8, 4) is 11.5 Å². The highest BCUT2D eigenvalue weighted by molar-refractivity contribution is 6.46. The lowest BCUT2D eigenvalue weighted by Crippen LogP contribution is -2.35. The van der Waals surface area contributed by atoms with Crippen molar-refractivity contribution in [3.63, 3.8) is 0 Å². The number of amides is 1. The predicted molar refractivity (Wildman–Crippen MR) is 148 cm³/mol. The summed E-state index contributed by atoms with van der Waals surface area (Å²) < 4.78 is 11.3. The lowest BCUT2D eigenvalue weighted by Gasteiger charge is -2.27. The molecule has 1 N–H and O–H groups in total. The molecule has 1 amide bonds. The molecule has 1 aliphatic heterocycles. The maximum absolute atomic E-state index is 13.3. The molecule has 0 bridgehead atoms. The minimum absolute atomic E-state index is 0.0663. The molecule has 3 aromatic rings. The number of ether oxygens (including phenoxy) is 2. The summed E-state index contributed by atoms with van der Waals surface area (Å²) in [5, 5.41) is 11.8. The minimum Gasteiger partial charge on any atom is -0.507 e. The highest BCUT2D eigenvalue weighted by Gasteiger charge is 2.46. The predicted octanol–water partition coefficient (Wildman–Crippen LogP) is 5.56. The Kier molecular flexibility index (Phi) is 8.62. The quantitative estimate of drug-likeness (QED) is 0.212. The fraction of sp³-hybridized carbons (Fsp3) is 0.241. The number of methoxy groups -OCH3 is 1. The van der Waals surface area contributed by atoms with Gasteiger partial charge in [-0.05, 0) is 49.5 Å². The van der Waals surface area contributed by atoms with Crippen molar-refractivity contribution in [1.29, 1.82) is 0 Å². The summed E-state index contributed by atoms with van der Waals surface area (Å²) in [4.78, 5) is 29.8. The molecule has 4 rings (SSSR count). The number of carbonyl (C=O) groups is 2. The molecule has 0 saturated carbocycles. The van der Waals surface area contributed by atoms with Crippen molar-refractivity contribution in [1.82, 2.24) is 9.80 Å². The summed E-state index contributed by atoms with van der Waals surface area (Å²) in [5.74, 6) is -1.13. The van der Waals surface area contributed by atoms with E-state index in [-0.39, 0.29) is 33.5 Å². The number of halogens is 2. The standard InChI is InChI=1S/C29H28Cl2N2O5/c1-32(2)13-14-33-25(19-9-11-21(12-10-19)38-17-18-7-5-4-6-8-18)24(27(35)29(33)36)26(34)22-15-20(30)16-23(31)28(22)37-3/h4-12,15-16,25,34H,13-14,17H2,1-3H3/b26-24+. The van der Waals surface area contributed by atoms with Gasteiger partial charge >= 0.3 is 0 Å². The number of likely N-dealkylation sites (tertiary alicyclic amines) is 1. The molecule has 1 aliphatic rings. The average Bonchev–Trinajstić information content (AvgIpc) is 3.15. The summed E-state index contributed by atoms with van der Waals surface area (Å²) in [6, 6.07) is 19.0. The fourth-order valence-electron chi connectivity index (χ4n) is 4.34. The van der Waals surface area contributed by atoms with Crippen molar-refractivity contribution >= 4 is 40.7 Å². The van der Waals surface area contributed by atoms with Crippen LogP contribution in [-0.4, -0.2) is 60.9 Å². The van der Waals surface area contributed by atoms with Crippen molar-refractivity contribution in [2.75, 3.05) is 34.3 Å². The number of benzene rings is 3. The van der Waals surface area contributed by atoms with Gasteiger partial charge in [-0.3, -0.25) is 9.59 Å². The van der Waals surface area contributed by atoms with E-state index >= 15 is 0 Å². The Bertz CT molecular complexity index is 1360. The van der Waals surface area contributed by atoms with Crippen LogP contribution in [0.2, 0.25) is 10.0 Å². The number of aliphatic hydroxyl groups excluding tert-OH is 1. The van der Waals surface area contributed by atoms with Crippen molar-refractivity contribution in [3.05, 3.63) is 99.0 Å². The average molecular weight is 555 g/mol. The lowest BCUT2D eigenvalue weighted by molar-refractivity contribution is -0.140. The van der Waals surface area contributed by atoms with Crippen molar-refractivity contribution in [2.45, 2.75) is 12.6 Å². The first-order valence-electron chi connectivity index (χ1n) is 11.9. The summed E-state index contributed by atoms with van der Waals surface area (Å²) in [7, 11) is 5.15. The normalized spacial score (nSPS) is 16.8. The Balaban J connectivity index is 1.75. The molecule has 9 heteroatoms. The van der Waals surface area contributed by atoms with E-state index in [1.54, 1.807) is 24.3 Å². The van der Waals surface area contributed by atoms with Gasteiger partial charge in [-0.15, -0.1) is 0 Å². The number of nitrogens with zero attached hydrogens (tertiary/aromatic N) is 2. The highest BCUT2D eigenvalue weighted by atomic mass is 35.5. The van der Waals surface area contributed by atoms with Gasteiger partial charge in [-0.2, -0.15) is 0 Å². The van der Waals surface area contributed by atoms with E-state index in [9.17, 15) is 14.7 Å². The van der Waals surface area contributed by atoms with Gasteiger partial charge in [0.25, 0.3) is 11.7 Å². The van der Waals surface area contributed by atoms with Gasteiger partial charge in [-0.25, -0.2) is 0 Å². The first-order valence-corrected chi connectivity index (χ1v) is 12.7. The monoisotopic (exact) mass is 554 g/mol. The van der Waals surface area contributed by atoms with Gasteiger partial charge in [-0.1, -0.05) is 65.7 Å². The molecule has 0 spiro atoms. The Hall–Kier alpha value is -3.52. The number of carbonyl (C=O) groups excluding carboxylic acids is 2. The zero-order chi connectivity index (χ0) is 27.4. The molecule has 198 valence electrons. The lowest BCUT2D eigenvalue weighted by atomic mass is 9.95. The maximum atomic E-state index is 13.3. The Morgan fingerprint density at radius 2 is 1.71 bits per heavy atom. The minimum atomic E-state index is -0.833. The number of hydrogen-bond donors (Lipinski definition) is 1. The molecule has 1 fully saturated rings. The first-order chi connectivity index (χ1) is 18.2. The van der Waals surface area contributed by atoms with E-state index in [1.807, 2.05) is 49.3 Å². The van der Waals surface area contributed by atoms with Crippen molar-refractivity contribution < 1.29 is 24.2 Å². The van der Waals surface area contributed by atoms with Gasteiger partial charge in [0.05, 0.1) is 29.3 Å². The first kappa shape index (κ1) is 27.5. The van der Waals surface area contributed by atoms with E-state index in [1.165, 1.54) is 24.1 Å². The third kappa shape index (κ3) is 5.80. The topological polar surface area (TPSA) is 79.3 Å². The second kappa shape index (κ2) is 11.9. The molecule has 3 aromatic carbocycles. The van der Waals surface area contributed by atoms with Crippen LogP contribution in [0.25, 0.3) is 5.76 Å². The van der Waals surface area contributed by atoms with Crippen LogP contribution >= 0.6 is 23.2 Å². The van der Waals surface area contributed by atoms with Crippen LogP contribution in [0.4, 0.5) is 0 Å². The molecule has 0 radical (unpaired) electrons. The van der Waals surface area contributed by atoms with Gasteiger partial charge < -0.3 is 24.4 Å². The van der Waals surface area contributed by atoms with E-state index in [4.69, 9.17) is 32.7 Å². The highest BCUT2D eigenvalue weighted by Crippen LogP contribution is 2.43. The second-order valence-electron chi connectivity index (χ2n) is 9.11. The smallest absolute Gasteiger partial charge is 0.295 e. The Morgan fingerprint density at radius 3 is 2.34 bits per heavy atom. The largest absolute Gasteiger partial charge is 0.507 e. The van der Waals surface area contributed by atoms with E-state index in [0.29, 0.717) is 24.5 Å². The van der Waals surface area contributed by atoms with Crippen LogP contribution in [0.15, 0.2) is 72.3 Å². The molecule has 7 nitrogen and oxygen atoms in total. The molecule has 0 aromatic heterocycles. The number of likely N-dealkylation sites (N-methyl/N-ethyl adjacent to an activating group) is 1. The van der Waals surface area contributed by atoms with Crippen LogP contribution in [0.5, 0.6) is 11.5 Å². The number of Topliss-reactive ketones (excluding diaryl/α,β-unsaturated/α-hetero) is 1. The fourth-order valence-corrected chi connectivity index (χ4v) is 4.91.